The van der Waals surface area contributed by atoms with Crippen LogP contribution in [0.25, 0.3) is 11.5 Å². The van der Waals surface area contributed by atoms with E-state index in [1.54, 1.807) is 67.0 Å². The molecule has 0 saturated carbocycles. The third-order valence-corrected chi connectivity index (χ3v) is 4.96. The smallest absolute Gasteiger partial charge is 0.277 e. The predicted octanol–water partition coefficient (Wildman–Crippen LogP) is 4.36. The van der Waals surface area contributed by atoms with Crippen molar-refractivity contribution in [1.29, 1.82) is 0 Å². The van der Waals surface area contributed by atoms with Gasteiger partial charge in [0.25, 0.3) is 11.1 Å². The fourth-order valence-electron chi connectivity index (χ4n) is 2.62. The largest absolute Gasteiger partial charge is 0.411 e. The highest BCUT2D eigenvalue weighted by Crippen LogP contribution is 2.23. The van der Waals surface area contributed by atoms with Gasteiger partial charge in [0.1, 0.15) is 0 Å². The Bertz CT molecular complexity index is 1150. The second-order valence-electron chi connectivity index (χ2n) is 6.22. The van der Waals surface area contributed by atoms with E-state index in [0.717, 1.165) is 5.56 Å². The van der Waals surface area contributed by atoms with E-state index in [0.29, 0.717) is 27.9 Å². The van der Waals surface area contributed by atoms with Gasteiger partial charge in [0.2, 0.25) is 5.89 Å². The molecule has 2 aromatic carbocycles. The van der Waals surface area contributed by atoms with Crippen LogP contribution in [0.4, 0.5) is 5.69 Å². The van der Waals surface area contributed by atoms with Crippen molar-refractivity contribution in [1.82, 2.24) is 15.2 Å². The molecule has 1 amide bonds. The number of benzene rings is 2. The van der Waals surface area contributed by atoms with Gasteiger partial charge in [0.15, 0.2) is 5.78 Å². The Kier molecular flexibility index (Phi) is 5.95. The van der Waals surface area contributed by atoms with Crippen molar-refractivity contribution in [2.75, 3.05) is 11.1 Å². The SMILES string of the molecule is O=C(CSc1nnc(-c2cccnc2)o1)c1ccc(NC(=O)c2ccccc2)cc1. The summed E-state index contributed by atoms with van der Waals surface area (Å²) in [5.74, 6) is 0.231. The van der Waals surface area contributed by atoms with Crippen LogP contribution >= 0.6 is 11.8 Å². The Morgan fingerprint density at radius 2 is 1.70 bits per heavy atom. The summed E-state index contributed by atoms with van der Waals surface area (Å²) in [6.07, 6.45) is 3.29. The molecule has 2 aromatic heterocycles. The molecule has 2 heterocycles. The molecule has 148 valence electrons. The Balaban J connectivity index is 1.33. The second-order valence-corrected chi connectivity index (χ2v) is 7.15. The van der Waals surface area contributed by atoms with Gasteiger partial charge >= 0.3 is 0 Å². The van der Waals surface area contributed by atoms with Gasteiger partial charge in [-0.3, -0.25) is 14.6 Å². The minimum absolute atomic E-state index is 0.0814. The van der Waals surface area contributed by atoms with Crippen LogP contribution in [0.3, 0.4) is 0 Å². The number of hydrogen-bond acceptors (Lipinski definition) is 7. The van der Waals surface area contributed by atoms with Gasteiger partial charge in [-0.05, 0) is 48.5 Å². The summed E-state index contributed by atoms with van der Waals surface area (Å²) in [7, 11) is 0. The van der Waals surface area contributed by atoms with Gasteiger partial charge in [-0.25, -0.2) is 0 Å². The minimum atomic E-state index is -0.203. The highest BCUT2D eigenvalue weighted by Gasteiger charge is 2.13. The van der Waals surface area contributed by atoms with E-state index in [9.17, 15) is 9.59 Å². The van der Waals surface area contributed by atoms with E-state index in [1.165, 1.54) is 11.8 Å². The summed E-state index contributed by atoms with van der Waals surface area (Å²) < 4.78 is 5.56. The van der Waals surface area contributed by atoms with Crippen LogP contribution in [0.2, 0.25) is 0 Å². The third kappa shape index (κ3) is 4.79. The highest BCUT2D eigenvalue weighted by molar-refractivity contribution is 7.99. The summed E-state index contributed by atoms with van der Waals surface area (Å²) in [4.78, 5) is 28.6. The molecule has 4 aromatic rings. The maximum absolute atomic E-state index is 12.4. The monoisotopic (exact) mass is 416 g/mol. The minimum Gasteiger partial charge on any atom is -0.411 e. The molecular formula is C22H16N4O3S. The molecule has 0 atom stereocenters. The average Bonchev–Trinajstić information content (AvgIpc) is 3.28. The molecule has 0 aliphatic carbocycles. The van der Waals surface area contributed by atoms with Crippen molar-refractivity contribution in [2.24, 2.45) is 0 Å². The average molecular weight is 416 g/mol. The van der Waals surface area contributed by atoms with Crippen molar-refractivity contribution in [2.45, 2.75) is 5.22 Å². The van der Waals surface area contributed by atoms with E-state index in [1.807, 2.05) is 12.1 Å². The number of nitrogens with one attached hydrogen (secondary N) is 1. The van der Waals surface area contributed by atoms with Crippen LogP contribution in [-0.2, 0) is 0 Å². The van der Waals surface area contributed by atoms with Gasteiger partial charge in [0.05, 0.1) is 11.3 Å². The number of rotatable bonds is 7. The Morgan fingerprint density at radius 3 is 2.43 bits per heavy atom. The van der Waals surface area contributed by atoms with E-state index in [-0.39, 0.29) is 17.4 Å². The summed E-state index contributed by atoms with van der Waals surface area (Å²) >= 11 is 1.17. The lowest BCUT2D eigenvalue weighted by molar-refractivity contribution is 0.101. The van der Waals surface area contributed by atoms with E-state index >= 15 is 0 Å². The number of thioether (sulfide) groups is 1. The molecule has 30 heavy (non-hydrogen) atoms. The maximum Gasteiger partial charge on any atom is 0.277 e. The number of pyridine rings is 1. The summed E-state index contributed by atoms with van der Waals surface area (Å²) in [6.45, 7) is 0. The van der Waals surface area contributed by atoms with Crippen molar-refractivity contribution in [3.63, 3.8) is 0 Å². The number of carbonyl (C=O) groups is 2. The van der Waals surface area contributed by atoms with Gasteiger partial charge in [0, 0.05) is 29.2 Å². The first-order valence-electron chi connectivity index (χ1n) is 9.05. The molecule has 0 aliphatic rings. The van der Waals surface area contributed by atoms with E-state index < -0.39 is 0 Å². The number of Topliss-reactive ketones (excluding diaryl/α,β-unsaturated/α-hetero) is 1. The summed E-state index contributed by atoms with van der Waals surface area (Å²) in [5.41, 5.74) is 2.44. The molecule has 0 bridgehead atoms. The number of carbonyl (C=O) groups excluding carboxylic acids is 2. The zero-order chi connectivity index (χ0) is 20.8. The zero-order valence-electron chi connectivity index (χ0n) is 15.7. The molecule has 0 radical (unpaired) electrons. The number of aromatic nitrogens is 3. The van der Waals surface area contributed by atoms with Gasteiger partial charge < -0.3 is 9.73 Å². The van der Waals surface area contributed by atoms with Crippen LogP contribution in [0, 0.1) is 0 Å². The fraction of sp³-hybridized carbons (Fsp3) is 0.0455. The number of nitrogens with zero attached hydrogens (tertiary/aromatic N) is 3. The molecular weight excluding hydrogens is 400 g/mol. The predicted molar refractivity (Wildman–Crippen MR) is 113 cm³/mol. The van der Waals surface area contributed by atoms with Crippen molar-refractivity contribution < 1.29 is 14.0 Å². The third-order valence-electron chi connectivity index (χ3n) is 4.14. The van der Waals surface area contributed by atoms with Gasteiger partial charge in [-0.1, -0.05) is 30.0 Å². The Hall–Kier alpha value is -3.78. The van der Waals surface area contributed by atoms with Gasteiger partial charge in [-0.2, -0.15) is 0 Å². The zero-order valence-corrected chi connectivity index (χ0v) is 16.5. The first-order chi connectivity index (χ1) is 14.7. The molecule has 0 unspecified atom stereocenters. The van der Waals surface area contributed by atoms with E-state index in [4.69, 9.17) is 4.42 Å². The lowest BCUT2D eigenvalue weighted by Gasteiger charge is -2.06. The molecule has 0 saturated heterocycles. The maximum atomic E-state index is 12.4. The number of hydrogen-bond donors (Lipinski definition) is 1. The number of amides is 1. The van der Waals surface area contributed by atoms with E-state index in [2.05, 4.69) is 20.5 Å². The lowest BCUT2D eigenvalue weighted by atomic mass is 10.1. The van der Waals surface area contributed by atoms with Crippen molar-refractivity contribution in [3.05, 3.63) is 90.3 Å². The topological polar surface area (TPSA) is 98.0 Å². The molecule has 1 N–H and O–H groups in total. The number of ketones is 1. The van der Waals surface area contributed by atoms with Crippen LogP contribution in [-0.4, -0.2) is 32.6 Å². The highest BCUT2D eigenvalue weighted by atomic mass is 32.2. The summed E-state index contributed by atoms with van der Waals surface area (Å²) in [5, 5.41) is 11.0. The second kappa shape index (κ2) is 9.15. The number of anilines is 1. The standard InChI is InChI=1S/C22H16N4O3S/c27-19(14-30-22-26-25-21(29-22)17-7-4-12-23-13-17)15-8-10-18(11-9-15)24-20(28)16-5-2-1-3-6-16/h1-13H,14H2,(H,24,28). The molecule has 0 spiro atoms. The van der Waals surface area contributed by atoms with Gasteiger partial charge in [-0.15, -0.1) is 10.2 Å². The van der Waals surface area contributed by atoms with Crippen LogP contribution in [0.1, 0.15) is 20.7 Å². The Labute approximate surface area is 176 Å². The lowest BCUT2D eigenvalue weighted by Crippen LogP contribution is -2.11. The molecule has 7 nitrogen and oxygen atoms in total. The van der Waals surface area contributed by atoms with Crippen LogP contribution in [0.15, 0.2) is 88.8 Å². The van der Waals surface area contributed by atoms with Crippen molar-refractivity contribution >= 4 is 29.1 Å². The quantitative estimate of drug-likeness (QED) is 0.353. The van der Waals surface area contributed by atoms with Crippen molar-refractivity contribution in [3.8, 4) is 11.5 Å². The molecule has 0 fully saturated rings. The first kappa shape index (κ1) is 19.5. The van der Waals surface area contributed by atoms with Crippen LogP contribution in [0.5, 0.6) is 0 Å². The molecule has 8 heteroatoms. The first-order valence-corrected chi connectivity index (χ1v) is 10.0. The fourth-order valence-corrected chi connectivity index (χ4v) is 3.27. The normalized spacial score (nSPS) is 10.5. The Morgan fingerprint density at radius 1 is 0.900 bits per heavy atom. The molecule has 4 rings (SSSR count). The van der Waals surface area contributed by atoms with Crippen LogP contribution < -0.4 is 5.32 Å². The summed E-state index contributed by atoms with van der Waals surface area (Å²) in [6, 6.07) is 19.3. The molecule has 0 aliphatic heterocycles.